The van der Waals surface area contributed by atoms with Gasteiger partial charge in [-0.1, -0.05) is 0 Å². The molecule has 0 aromatic carbocycles. The minimum atomic E-state index is -0.724. The number of hydrogen-bond donors (Lipinski definition) is 0. The molecule has 0 aliphatic carbocycles. The van der Waals surface area contributed by atoms with E-state index in [1.165, 1.54) is 0 Å². The number of likely N-dealkylation sites (tertiary alicyclic amines) is 1. The molecule has 0 aromatic heterocycles. The van der Waals surface area contributed by atoms with Crippen LogP contribution in [0.4, 0.5) is 4.79 Å². The van der Waals surface area contributed by atoms with Gasteiger partial charge in [-0.05, 0) is 6.92 Å². The Labute approximate surface area is 90.6 Å². The Balaban J connectivity index is 2.56. The Morgan fingerprint density at radius 1 is 1.60 bits per heavy atom. The van der Waals surface area contributed by atoms with E-state index in [1.807, 2.05) is 6.92 Å². The maximum absolute atomic E-state index is 11.7. The molecule has 1 saturated heterocycles. The maximum atomic E-state index is 11.7. The van der Waals surface area contributed by atoms with Crippen molar-refractivity contribution in [1.82, 2.24) is 4.90 Å². The van der Waals surface area contributed by atoms with Crippen LogP contribution >= 0.6 is 0 Å². The number of carbonyl (C=O) groups excluding carboxylic acids is 2. The van der Waals surface area contributed by atoms with Gasteiger partial charge in [-0.3, -0.25) is 4.79 Å². The van der Waals surface area contributed by atoms with Crippen molar-refractivity contribution >= 4 is 11.9 Å². The first-order valence-electron chi connectivity index (χ1n) is 5.16. The summed E-state index contributed by atoms with van der Waals surface area (Å²) in [4.78, 5) is 24.4. The van der Waals surface area contributed by atoms with E-state index in [1.54, 1.807) is 18.7 Å². The molecule has 4 heteroatoms. The lowest BCUT2D eigenvalue weighted by Crippen LogP contribution is -2.47. The summed E-state index contributed by atoms with van der Waals surface area (Å²) in [7, 11) is 0. The van der Waals surface area contributed by atoms with Crippen LogP contribution in [0.15, 0.2) is 0 Å². The number of Topliss-reactive ketones (excluding diaryl/α,β-unsaturated/α-hetero) is 1. The first kappa shape index (κ1) is 11.9. The van der Waals surface area contributed by atoms with Crippen LogP contribution in [0.5, 0.6) is 0 Å². The summed E-state index contributed by atoms with van der Waals surface area (Å²) < 4.78 is 5.15. The summed E-state index contributed by atoms with van der Waals surface area (Å²) in [6.07, 6.45) is 0.471. The van der Waals surface area contributed by atoms with Gasteiger partial charge < -0.3 is 9.64 Å². The molecule has 0 unspecified atom stereocenters. The molecule has 0 aromatic rings. The molecule has 4 nitrogen and oxygen atoms in total. The highest BCUT2D eigenvalue weighted by molar-refractivity contribution is 5.82. The van der Waals surface area contributed by atoms with Gasteiger partial charge in [0.2, 0.25) is 5.60 Å². The van der Waals surface area contributed by atoms with E-state index in [4.69, 9.17) is 4.74 Å². The molecule has 0 radical (unpaired) electrons. The molecule has 0 saturated carbocycles. The monoisotopic (exact) mass is 212 g/mol. The van der Waals surface area contributed by atoms with Crippen LogP contribution in [-0.2, 0) is 9.53 Å². The van der Waals surface area contributed by atoms with E-state index < -0.39 is 5.60 Å². The van der Waals surface area contributed by atoms with Crippen LogP contribution in [0.1, 0.15) is 33.6 Å². The van der Waals surface area contributed by atoms with Gasteiger partial charge >= 0.3 is 6.09 Å². The summed E-state index contributed by atoms with van der Waals surface area (Å²) in [5, 5.41) is 0. The van der Waals surface area contributed by atoms with Crippen LogP contribution in [0.25, 0.3) is 0 Å². The number of ether oxygens (including phenoxy) is 1. The van der Waals surface area contributed by atoms with Gasteiger partial charge in [0.15, 0.2) is 0 Å². The number of nitrogens with zero attached hydrogens (tertiary/aromatic N) is 1. The standard InChI is InChI=1S/C11H18NO3/c1-8-7-9(13)5-6-12(8)10(14)15-11(2,3)4/h8H,2,5-7H2,1,3-4H3/q+1/t8-/m0/s1. The molecule has 1 aliphatic heterocycles. The van der Waals surface area contributed by atoms with Crippen molar-refractivity contribution in [3.63, 3.8) is 0 Å². The molecule has 1 rings (SSSR count). The van der Waals surface area contributed by atoms with Crippen molar-refractivity contribution < 1.29 is 14.3 Å². The van der Waals surface area contributed by atoms with Crippen LogP contribution < -0.4 is 0 Å². The number of hydrogen-bond acceptors (Lipinski definition) is 3. The third-order valence-corrected chi connectivity index (χ3v) is 2.28. The second-order valence-electron chi connectivity index (χ2n) is 4.66. The number of ketones is 1. The lowest BCUT2D eigenvalue weighted by Gasteiger charge is -2.32. The molecule has 1 atom stereocenters. The van der Waals surface area contributed by atoms with Crippen molar-refractivity contribution in [2.24, 2.45) is 0 Å². The van der Waals surface area contributed by atoms with Crippen LogP contribution in [0.3, 0.4) is 0 Å². The molecule has 1 amide bonds. The fraction of sp³-hybridized carbons (Fsp3) is 0.727. The molecule has 84 valence electrons. The average Bonchev–Trinajstić information content (AvgIpc) is 1.99. The zero-order valence-electron chi connectivity index (χ0n) is 9.58. The fourth-order valence-electron chi connectivity index (χ4n) is 1.57. The van der Waals surface area contributed by atoms with Gasteiger partial charge in [0.1, 0.15) is 12.7 Å². The Bertz CT molecular complexity index is 267. The maximum Gasteiger partial charge on any atom is 0.413 e. The first-order valence-corrected chi connectivity index (χ1v) is 5.16. The van der Waals surface area contributed by atoms with Gasteiger partial charge in [0.25, 0.3) is 0 Å². The van der Waals surface area contributed by atoms with E-state index in [0.29, 0.717) is 19.4 Å². The smallest absolute Gasteiger partial charge is 0.403 e. The van der Waals surface area contributed by atoms with E-state index in [0.717, 1.165) is 0 Å². The summed E-state index contributed by atoms with van der Waals surface area (Å²) in [6, 6.07) is -0.0684. The van der Waals surface area contributed by atoms with Crippen molar-refractivity contribution in [2.75, 3.05) is 6.54 Å². The van der Waals surface area contributed by atoms with E-state index in [-0.39, 0.29) is 17.9 Å². The zero-order chi connectivity index (χ0) is 11.6. The minimum Gasteiger partial charge on any atom is -0.403 e. The van der Waals surface area contributed by atoms with Crippen molar-refractivity contribution in [2.45, 2.75) is 45.3 Å². The third-order valence-electron chi connectivity index (χ3n) is 2.28. The van der Waals surface area contributed by atoms with Gasteiger partial charge in [0.05, 0.1) is 0 Å². The highest BCUT2D eigenvalue weighted by atomic mass is 16.6. The second kappa shape index (κ2) is 4.13. The normalized spacial score (nSPS) is 22.7. The first-order chi connectivity index (χ1) is 6.79. The average molecular weight is 212 g/mol. The SMILES string of the molecule is [CH2+]C(C)(C)OC(=O)N1CCC(=O)C[C@@H]1C. The molecular formula is C11H18NO3+. The zero-order valence-corrected chi connectivity index (χ0v) is 9.58. The van der Waals surface area contributed by atoms with Gasteiger partial charge in [-0.25, -0.2) is 4.79 Å². The van der Waals surface area contributed by atoms with Gasteiger partial charge in [-0.15, -0.1) is 0 Å². The third kappa shape index (κ3) is 3.46. The van der Waals surface area contributed by atoms with Crippen molar-refractivity contribution in [3.05, 3.63) is 6.92 Å². The van der Waals surface area contributed by atoms with Crippen LogP contribution in [-0.4, -0.2) is 35.0 Å². The number of rotatable bonds is 1. The second-order valence-corrected chi connectivity index (χ2v) is 4.66. The molecule has 0 N–H and O–H groups in total. The van der Waals surface area contributed by atoms with E-state index in [2.05, 4.69) is 6.92 Å². The highest BCUT2D eigenvalue weighted by Gasteiger charge is 2.32. The Kier molecular flexibility index (Phi) is 3.27. The van der Waals surface area contributed by atoms with Crippen LogP contribution in [0.2, 0.25) is 0 Å². The number of carbonyl (C=O) groups is 2. The van der Waals surface area contributed by atoms with Crippen molar-refractivity contribution in [1.29, 1.82) is 0 Å². The van der Waals surface area contributed by atoms with E-state index >= 15 is 0 Å². The quantitative estimate of drug-likeness (QED) is 0.622. The lowest BCUT2D eigenvalue weighted by molar-refractivity contribution is -0.122. The van der Waals surface area contributed by atoms with E-state index in [9.17, 15) is 9.59 Å². The fourth-order valence-corrected chi connectivity index (χ4v) is 1.57. The summed E-state index contributed by atoms with van der Waals surface area (Å²) in [6.45, 7) is 9.47. The summed E-state index contributed by atoms with van der Waals surface area (Å²) >= 11 is 0. The number of amides is 1. The molecule has 0 bridgehead atoms. The Morgan fingerprint density at radius 2 is 2.20 bits per heavy atom. The largest absolute Gasteiger partial charge is 0.413 e. The molecular weight excluding hydrogens is 194 g/mol. The molecule has 1 aliphatic rings. The van der Waals surface area contributed by atoms with Crippen molar-refractivity contribution in [3.8, 4) is 0 Å². The highest BCUT2D eigenvalue weighted by Crippen LogP contribution is 2.17. The molecule has 15 heavy (non-hydrogen) atoms. The summed E-state index contributed by atoms with van der Waals surface area (Å²) in [5.74, 6) is 0.209. The predicted octanol–water partition coefficient (Wildman–Crippen LogP) is 1.79. The minimum absolute atomic E-state index is 0.0684. The van der Waals surface area contributed by atoms with Gasteiger partial charge in [-0.2, -0.15) is 0 Å². The van der Waals surface area contributed by atoms with Crippen LogP contribution in [0, 0.1) is 6.92 Å². The lowest BCUT2D eigenvalue weighted by atomic mass is 10.0. The Hall–Kier alpha value is -1.19. The topological polar surface area (TPSA) is 46.6 Å². The van der Waals surface area contributed by atoms with Gasteiger partial charge in [0, 0.05) is 39.3 Å². The predicted molar refractivity (Wildman–Crippen MR) is 56.3 cm³/mol. The molecule has 1 heterocycles. The number of piperidine rings is 1. The Morgan fingerprint density at radius 3 is 2.67 bits per heavy atom. The molecule has 0 spiro atoms. The summed E-state index contributed by atoms with van der Waals surface area (Å²) in [5.41, 5.74) is -0.724. The molecule has 1 fully saturated rings.